The Bertz CT molecular complexity index is 1570. The quantitative estimate of drug-likeness (QED) is 0.135. The number of hydrogen-bond donors (Lipinski definition) is 2. The first-order valence-electron chi connectivity index (χ1n) is 19.8. The molecule has 0 aromatic heterocycles. The largest absolute Gasteiger partial charge is 0.481 e. The number of carboxylic acid groups (broad SMARTS) is 1. The molecule has 0 spiro atoms. The monoisotopic (exact) mass is 700 g/mol. The van der Waals surface area contributed by atoms with Crippen molar-refractivity contribution in [1.29, 1.82) is 0 Å². The fourth-order valence-electron chi connectivity index (χ4n) is 7.42. The lowest BCUT2D eigenvalue weighted by Gasteiger charge is -2.32. The molecular weight excluding hydrogens is 641 g/mol. The van der Waals surface area contributed by atoms with Crippen molar-refractivity contribution in [2.24, 2.45) is 0 Å². The molecule has 52 heavy (non-hydrogen) atoms. The van der Waals surface area contributed by atoms with E-state index in [9.17, 15) is 14.7 Å². The van der Waals surface area contributed by atoms with Gasteiger partial charge in [-0.3, -0.25) is 9.59 Å². The Kier molecular flexibility index (Phi) is 18.2. The summed E-state index contributed by atoms with van der Waals surface area (Å²) in [4.78, 5) is 21.8. The molecule has 2 saturated carbocycles. The van der Waals surface area contributed by atoms with Gasteiger partial charge in [-0.2, -0.15) is 0 Å². The molecule has 7 rings (SSSR count). The van der Waals surface area contributed by atoms with Crippen LogP contribution >= 0.6 is 0 Å². The summed E-state index contributed by atoms with van der Waals surface area (Å²) in [5.41, 5.74) is 5.78. The molecule has 0 atom stereocenters. The van der Waals surface area contributed by atoms with Crippen molar-refractivity contribution < 1.29 is 19.8 Å². The third-order valence-corrected chi connectivity index (χ3v) is 10.4. The normalized spacial score (nSPS) is 16.6. The number of Topliss-reactive ketones (excluding diaryl/α,β-unsaturated/α-hetero) is 1. The molecule has 0 unspecified atom stereocenters. The third-order valence-electron chi connectivity index (χ3n) is 10.4. The predicted octanol–water partition coefficient (Wildman–Crippen LogP) is 12.7. The topological polar surface area (TPSA) is 74.6 Å². The van der Waals surface area contributed by atoms with Gasteiger partial charge in [0.2, 0.25) is 0 Å². The van der Waals surface area contributed by atoms with Gasteiger partial charge in [0, 0.05) is 18.4 Å². The van der Waals surface area contributed by atoms with Crippen LogP contribution in [-0.2, 0) is 10.4 Å². The SMILES string of the molecule is C1=C(c2ccccc2)CCCC1.O=C(O)CCCCC(=O)c1ccccc1.OC1(c2ccccc2)CCCCC1.c1ccc(C2CCCCC2)cc1. The molecule has 0 aliphatic heterocycles. The van der Waals surface area contributed by atoms with Crippen LogP contribution in [0.15, 0.2) is 127 Å². The number of carbonyl (C=O) groups is 2. The van der Waals surface area contributed by atoms with Crippen molar-refractivity contribution in [3.8, 4) is 0 Å². The van der Waals surface area contributed by atoms with Crippen LogP contribution in [0.1, 0.15) is 149 Å². The highest BCUT2D eigenvalue weighted by molar-refractivity contribution is 5.95. The van der Waals surface area contributed by atoms with Gasteiger partial charge in [-0.1, -0.05) is 166 Å². The summed E-state index contributed by atoms with van der Waals surface area (Å²) in [6.07, 6.45) is 22.0. The first-order valence-corrected chi connectivity index (χ1v) is 19.8. The van der Waals surface area contributed by atoms with Crippen LogP contribution in [0, 0.1) is 0 Å². The number of carboxylic acids is 1. The Hall–Kier alpha value is -4.28. The number of hydrogen-bond acceptors (Lipinski definition) is 3. The fourth-order valence-corrected chi connectivity index (χ4v) is 7.42. The standard InChI is InChI=1S/C12H14O3.C12H16O.C12H16.C12H14/c13-11(8-4-5-9-12(14)15)10-6-2-1-3-7-10;13-12(9-5-2-6-10-12)11-7-3-1-4-8-11;2*1-3-7-11(8-4-1)12-9-5-2-6-10-12/h1-3,6-7H,4-5,8-9H2,(H,14,15);1,3-4,7-8,13H,2,5-6,9-10H2;1,3-4,7-8,12H,2,5-6,9-10H2;1,3-4,7-9H,2,5-6,10H2. The van der Waals surface area contributed by atoms with Crippen molar-refractivity contribution in [2.45, 2.75) is 127 Å². The van der Waals surface area contributed by atoms with E-state index < -0.39 is 11.6 Å². The Morgan fingerprint density at radius 2 is 1.13 bits per heavy atom. The molecule has 0 heterocycles. The first-order chi connectivity index (χ1) is 25.4. The lowest BCUT2D eigenvalue weighted by molar-refractivity contribution is -0.137. The van der Waals surface area contributed by atoms with Gasteiger partial charge >= 0.3 is 5.97 Å². The summed E-state index contributed by atoms with van der Waals surface area (Å²) < 4.78 is 0. The average Bonchev–Trinajstić information content (AvgIpc) is 3.22. The molecule has 0 radical (unpaired) electrons. The summed E-state index contributed by atoms with van der Waals surface area (Å²) in [7, 11) is 0. The van der Waals surface area contributed by atoms with E-state index in [1.54, 1.807) is 23.3 Å². The van der Waals surface area contributed by atoms with Crippen molar-refractivity contribution in [3.63, 3.8) is 0 Å². The molecule has 4 heteroatoms. The number of ketones is 1. The van der Waals surface area contributed by atoms with Gasteiger partial charge in [0.15, 0.2) is 5.78 Å². The summed E-state index contributed by atoms with van der Waals surface area (Å²) in [6.45, 7) is 0. The van der Waals surface area contributed by atoms with Gasteiger partial charge in [0.05, 0.1) is 5.60 Å². The average molecular weight is 701 g/mol. The van der Waals surface area contributed by atoms with E-state index in [4.69, 9.17) is 5.11 Å². The number of unbranched alkanes of at least 4 members (excludes halogenated alkanes) is 1. The zero-order valence-corrected chi connectivity index (χ0v) is 31.1. The van der Waals surface area contributed by atoms with Crippen LogP contribution in [0.5, 0.6) is 0 Å². The third kappa shape index (κ3) is 14.8. The second-order valence-electron chi connectivity index (χ2n) is 14.4. The second kappa shape index (κ2) is 23.3. The molecule has 0 amide bonds. The van der Waals surface area contributed by atoms with E-state index in [-0.39, 0.29) is 12.2 Å². The van der Waals surface area contributed by atoms with Crippen LogP contribution in [0.4, 0.5) is 0 Å². The zero-order valence-electron chi connectivity index (χ0n) is 31.1. The lowest BCUT2D eigenvalue weighted by Crippen LogP contribution is -2.28. The van der Waals surface area contributed by atoms with Gasteiger partial charge in [-0.25, -0.2) is 0 Å². The summed E-state index contributed by atoms with van der Waals surface area (Å²) >= 11 is 0. The minimum absolute atomic E-state index is 0.0842. The van der Waals surface area contributed by atoms with Gasteiger partial charge in [0.1, 0.15) is 0 Å². The molecule has 0 bridgehead atoms. The second-order valence-corrected chi connectivity index (χ2v) is 14.4. The van der Waals surface area contributed by atoms with Gasteiger partial charge in [-0.05, 0) is 92.4 Å². The van der Waals surface area contributed by atoms with Crippen LogP contribution < -0.4 is 0 Å². The van der Waals surface area contributed by atoms with Crippen LogP contribution in [0.25, 0.3) is 5.57 Å². The number of aliphatic hydroxyl groups is 1. The Morgan fingerprint density at radius 1 is 0.596 bits per heavy atom. The van der Waals surface area contributed by atoms with Crippen molar-refractivity contribution in [3.05, 3.63) is 150 Å². The maximum Gasteiger partial charge on any atom is 0.303 e. The Morgan fingerprint density at radius 3 is 1.71 bits per heavy atom. The molecular formula is C48H60O4. The number of allylic oxidation sites excluding steroid dienone is 2. The molecule has 3 aliphatic rings. The predicted molar refractivity (Wildman–Crippen MR) is 215 cm³/mol. The maximum absolute atomic E-state index is 11.5. The molecule has 3 aliphatic carbocycles. The van der Waals surface area contributed by atoms with Crippen molar-refractivity contribution in [2.75, 3.05) is 0 Å². The zero-order chi connectivity index (χ0) is 36.7. The Labute approximate surface area is 313 Å². The number of rotatable bonds is 9. The molecule has 4 nitrogen and oxygen atoms in total. The lowest BCUT2D eigenvalue weighted by atomic mass is 9.80. The van der Waals surface area contributed by atoms with Crippen molar-refractivity contribution in [1.82, 2.24) is 0 Å². The number of benzene rings is 4. The van der Waals surface area contributed by atoms with Crippen molar-refractivity contribution >= 4 is 17.3 Å². The minimum Gasteiger partial charge on any atom is -0.481 e. The highest BCUT2D eigenvalue weighted by Gasteiger charge is 2.30. The molecule has 276 valence electrons. The van der Waals surface area contributed by atoms with Gasteiger partial charge in [-0.15, -0.1) is 0 Å². The van der Waals surface area contributed by atoms with E-state index >= 15 is 0 Å². The van der Waals surface area contributed by atoms with E-state index in [1.165, 1.54) is 69.8 Å². The van der Waals surface area contributed by atoms with E-state index in [2.05, 4.69) is 66.7 Å². The summed E-state index contributed by atoms with van der Waals surface area (Å²) in [6, 6.07) is 40.8. The number of aliphatic carboxylic acids is 1. The van der Waals surface area contributed by atoms with E-state index in [0.717, 1.165) is 37.2 Å². The highest BCUT2D eigenvalue weighted by atomic mass is 16.4. The minimum atomic E-state index is -0.804. The van der Waals surface area contributed by atoms with E-state index in [1.807, 2.05) is 48.5 Å². The van der Waals surface area contributed by atoms with Crippen LogP contribution in [-0.4, -0.2) is 22.0 Å². The Balaban J connectivity index is 0.000000156. The molecule has 0 saturated heterocycles. The fraction of sp³-hybridized carbons (Fsp3) is 0.417. The summed E-state index contributed by atoms with van der Waals surface area (Å²) in [5, 5.41) is 18.8. The molecule has 2 fully saturated rings. The molecule has 4 aromatic rings. The van der Waals surface area contributed by atoms with E-state index in [0.29, 0.717) is 24.8 Å². The smallest absolute Gasteiger partial charge is 0.303 e. The highest BCUT2D eigenvalue weighted by Crippen LogP contribution is 2.36. The number of carbonyl (C=O) groups excluding carboxylic acids is 1. The first kappa shape index (κ1) is 40.5. The van der Waals surface area contributed by atoms with Gasteiger partial charge < -0.3 is 10.2 Å². The van der Waals surface area contributed by atoms with Gasteiger partial charge in [0.25, 0.3) is 0 Å². The summed E-state index contributed by atoms with van der Waals surface area (Å²) in [5.74, 6) is 0.142. The molecule has 2 N–H and O–H groups in total. The molecule has 4 aromatic carbocycles. The van der Waals surface area contributed by atoms with Crippen LogP contribution in [0.3, 0.4) is 0 Å². The maximum atomic E-state index is 11.5. The van der Waals surface area contributed by atoms with Crippen LogP contribution in [0.2, 0.25) is 0 Å².